The van der Waals surface area contributed by atoms with Gasteiger partial charge in [0.25, 0.3) is 5.91 Å². The van der Waals surface area contributed by atoms with Crippen molar-refractivity contribution < 1.29 is 14.7 Å². The van der Waals surface area contributed by atoms with Gasteiger partial charge in [-0.3, -0.25) is 9.48 Å². The van der Waals surface area contributed by atoms with Gasteiger partial charge in [-0.25, -0.2) is 4.79 Å². The van der Waals surface area contributed by atoms with Gasteiger partial charge in [0.05, 0.1) is 17.3 Å². The summed E-state index contributed by atoms with van der Waals surface area (Å²) in [7, 11) is 0. The molecule has 0 aliphatic heterocycles. The van der Waals surface area contributed by atoms with Gasteiger partial charge in [0, 0.05) is 6.20 Å². The Hall–Kier alpha value is -2.11. The van der Waals surface area contributed by atoms with Crippen LogP contribution in [0.1, 0.15) is 44.5 Å². The van der Waals surface area contributed by atoms with Gasteiger partial charge in [0.2, 0.25) is 0 Å². The fourth-order valence-corrected chi connectivity index (χ4v) is 1.54. The molecule has 0 bridgehead atoms. The maximum Gasteiger partial charge on any atom is 0.326 e. The molecule has 1 heterocycles. The van der Waals surface area contributed by atoms with Crippen LogP contribution >= 0.6 is 0 Å². The molecule has 1 atom stereocenters. The largest absolute Gasteiger partial charge is 0.480 e. The van der Waals surface area contributed by atoms with Gasteiger partial charge in [0.15, 0.2) is 0 Å². The molecule has 0 saturated heterocycles. The van der Waals surface area contributed by atoms with E-state index in [2.05, 4.69) is 10.4 Å². The number of carbonyl (C=O) groups excluding carboxylic acids is 1. The number of hydrogen-bond donors (Lipinski definition) is 2. The summed E-state index contributed by atoms with van der Waals surface area (Å²) in [6.07, 6.45) is 6.77. The number of nitrogens with zero attached hydrogens (tertiary/aromatic N) is 2. The van der Waals surface area contributed by atoms with E-state index in [0.29, 0.717) is 5.56 Å². The van der Waals surface area contributed by atoms with Crippen molar-refractivity contribution in [3.63, 3.8) is 0 Å². The van der Waals surface area contributed by atoms with Crippen LogP contribution in [0, 0.1) is 0 Å². The van der Waals surface area contributed by atoms with Crippen molar-refractivity contribution in [1.82, 2.24) is 15.1 Å². The van der Waals surface area contributed by atoms with Crippen molar-refractivity contribution in [2.24, 2.45) is 0 Å². The Bertz CT molecular complexity index is 512. The highest BCUT2D eigenvalue weighted by molar-refractivity contribution is 5.96. The van der Waals surface area contributed by atoms with Crippen molar-refractivity contribution >= 4 is 11.9 Å². The Morgan fingerprint density at radius 1 is 1.50 bits per heavy atom. The molecule has 1 aromatic rings. The molecule has 1 aromatic heterocycles. The van der Waals surface area contributed by atoms with E-state index in [-0.39, 0.29) is 12.0 Å². The van der Waals surface area contributed by atoms with Crippen molar-refractivity contribution in [3.8, 4) is 0 Å². The Labute approximate surface area is 118 Å². The molecule has 0 aromatic carbocycles. The number of aromatic nitrogens is 2. The van der Waals surface area contributed by atoms with Crippen molar-refractivity contribution in [3.05, 3.63) is 30.1 Å². The average molecular weight is 279 g/mol. The number of amides is 1. The van der Waals surface area contributed by atoms with Gasteiger partial charge in [-0.2, -0.15) is 5.10 Å². The summed E-state index contributed by atoms with van der Waals surface area (Å²) in [5.41, 5.74) is 0.127. The average Bonchev–Trinajstić information content (AvgIpc) is 2.83. The highest BCUT2D eigenvalue weighted by atomic mass is 16.4. The van der Waals surface area contributed by atoms with Crippen LogP contribution in [0.15, 0.2) is 24.5 Å². The summed E-state index contributed by atoms with van der Waals surface area (Å²) < 4.78 is 1.67. The van der Waals surface area contributed by atoms with Gasteiger partial charge < -0.3 is 10.4 Å². The molecule has 0 fully saturated rings. The van der Waals surface area contributed by atoms with E-state index >= 15 is 0 Å². The Morgan fingerprint density at radius 2 is 2.15 bits per heavy atom. The monoisotopic (exact) mass is 279 g/mol. The van der Waals surface area contributed by atoms with E-state index in [1.807, 2.05) is 20.8 Å². The Balaban J connectivity index is 2.79. The van der Waals surface area contributed by atoms with Crippen molar-refractivity contribution in [2.75, 3.05) is 0 Å². The highest BCUT2D eigenvalue weighted by Crippen LogP contribution is 2.13. The molecule has 0 radical (unpaired) electrons. The normalized spacial score (nSPS) is 13.4. The first-order valence-corrected chi connectivity index (χ1v) is 6.45. The second-order valence-corrected chi connectivity index (χ2v) is 5.51. The third-order valence-electron chi connectivity index (χ3n) is 2.74. The van der Waals surface area contributed by atoms with Gasteiger partial charge in [0.1, 0.15) is 6.04 Å². The fourth-order valence-electron chi connectivity index (χ4n) is 1.54. The Morgan fingerprint density at radius 3 is 2.60 bits per heavy atom. The number of hydrogen-bond acceptors (Lipinski definition) is 3. The second-order valence-electron chi connectivity index (χ2n) is 5.51. The molecule has 1 unspecified atom stereocenters. The lowest BCUT2D eigenvalue weighted by Gasteiger charge is -2.18. The molecule has 0 aliphatic carbocycles. The lowest BCUT2D eigenvalue weighted by Crippen LogP contribution is -2.40. The summed E-state index contributed by atoms with van der Waals surface area (Å²) in [5, 5.41) is 15.7. The van der Waals surface area contributed by atoms with Crippen LogP contribution in [0.5, 0.6) is 0 Å². The molecule has 110 valence electrons. The quantitative estimate of drug-likeness (QED) is 0.805. The van der Waals surface area contributed by atoms with E-state index in [4.69, 9.17) is 5.11 Å². The first-order valence-electron chi connectivity index (χ1n) is 6.45. The molecule has 1 rings (SSSR count). The first kappa shape index (κ1) is 15.9. The van der Waals surface area contributed by atoms with Crippen LogP contribution in [0.3, 0.4) is 0 Å². The summed E-state index contributed by atoms with van der Waals surface area (Å²) in [6, 6.07) is -0.934. The zero-order valence-corrected chi connectivity index (χ0v) is 12.3. The molecule has 6 nitrogen and oxygen atoms in total. The van der Waals surface area contributed by atoms with E-state index in [0.717, 1.165) is 0 Å². The predicted octanol–water partition coefficient (Wildman–Crippen LogP) is 1.79. The van der Waals surface area contributed by atoms with Gasteiger partial charge >= 0.3 is 5.97 Å². The molecule has 0 saturated carbocycles. The molecule has 2 N–H and O–H groups in total. The molecule has 6 heteroatoms. The van der Waals surface area contributed by atoms with Gasteiger partial charge in [-0.05, 0) is 34.1 Å². The lowest BCUT2D eigenvalue weighted by molar-refractivity contribution is -0.139. The zero-order valence-electron chi connectivity index (χ0n) is 12.3. The summed E-state index contributed by atoms with van der Waals surface area (Å²) in [5.74, 6) is -1.49. The fraction of sp³-hybridized carbons (Fsp3) is 0.500. The number of carboxylic acids is 1. The minimum Gasteiger partial charge on any atom is -0.480 e. The Kier molecular flexibility index (Phi) is 5.07. The molecular weight excluding hydrogens is 258 g/mol. The molecule has 0 spiro atoms. The zero-order chi connectivity index (χ0) is 15.3. The third kappa shape index (κ3) is 4.22. The van der Waals surface area contributed by atoms with Crippen LogP contribution < -0.4 is 5.32 Å². The maximum atomic E-state index is 12.0. The minimum absolute atomic E-state index is 0.227. The maximum absolute atomic E-state index is 12.0. The van der Waals surface area contributed by atoms with Crippen molar-refractivity contribution in [1.29, 1.82) is 0 Å². The lowest BCUT2D eigenvalue weighted by atomic mass is 10.1. The standard InChI is InChI=1S/C14H21N3O3/c1-5-6-7-11(13(19)20)16-12(18)10-8-15-17(9-10)14(2,3)4/h5-6,8-9,11H,7H2,1-4H3,(H,16,18)(H,19,20)/b6-5+. The smallest absolute Gasteiger partial charge is 0.326 e. The van der Waals surface area contributed by atoms with E-state index < -0.39 is 17.9 Å². The number of nitrogens with one attached hydrogen (secondary N) is 1. The summed E-state index contributed by atoms with van der Waals surface area (Å²) in [4.78, 5) is 23.1. The molecule has 20 heavy (non-hydrogen) atoms. The minimum atomic E-state index is -1.06. The van der Waals surface area contributed by atoms with Crippen LogP contribution in [0.4, 0.5) is 0 Å². The van der Waals surface area contributed by atoms with E-state index in [1.165, 1.54) is 6.20 Å². The van der Waals surface area contributed by atoms with Crippen LogP contribution in [-0.4, -0.2) is 32.8 Å². The topological polar surface area (TPSA) is 84.2 Å². The van der Waals surface area contributed by atoms with E-state index in [1.54, 1.807) is 30.0 Å². The number of carbonyl (C=O) groups is 2. The molecular formula is C14H21N3O3. The van der Waals surface area contributed by atoms with Gasteiger partial charge in [-0.1, -0.05) is 12.2 Å². The summed E-state index contributed by atoms with van der Waals surface area (Å²) in [6.45, 7) is 7.70. The number of rotatable bonds is 5. The molecule has 1 amide bonds. The van der Waals surface area contributed by atoms with Crippen LogP contribution in [-0.2, 0) is 10.3 Å². The van der Waals surface area contributed by atoms with Crippen molar-refractivity contribution in [2.45, 2.75) is 45.7 Å². The number of allylic oxidation sites excluding steroid dienone is 1. The predicted molar refractivity (Wildman–Crippen MR) is 75.5 cm³/mol. The first-order chi connectivity index (χ1) is 9.25. The van der Waals surface area contributed by atoms with Gasteiger partial charge in [-0.15, -0.1) is 0 Å². The van der Waals surface area contributed by atoms with Crippen LogP contribution in [0.2, 0.25) is 0 Å². The number of aliphatic carboxylic acids is 1. The number of carboxylic acid groups (broad SMARTS) is 1. The highest BCUT2D eigenvalue weighted by Gasteiger charge is 2.21. The van der Waals surface area contributed by atoms with E-state index in [9.17, 15) is 9.59 Å². The SMILES string of the molecule is C/C=C/CC(NC(=O)c1cnn(C(C)(C)C)c1)C(=O)O. The second kappa shape index (κ2) is 6.36. The third-order valence-corrected chi connectivity index (χ3v) is 2.74. The van der Waals surface area contributed by atoms with Crippen LogP contribution in [0.25, 0.3) is 0 Å². The molecule has 0 aliphatic rings. The summed E-state index contributed by atoms with van der Waals surface area (Å²) >= 11 is 0.